The van der Waals surface area contributed by atoms with Crippen molar-refractivity contribution in [1.29, 1.82) is 0 Å². The van der Waals surface area contributed by atoms with Crippen LogP contribution in [-0.2, 0) is 15.9 Å². The summed E-state index contributed by atoms with van der Waals surface area (Å²) in [6, 6.07) is 5.72. The van der Waals surface area contributed by atoms with Gasteiger partial charge in [-0.05, 0) is 18.6 Å². The van der Waals surface area contributed by atoms with Gasteiger partial charge in [0.1, 0.15) is 11.5 Å². The summed E-state index contributed by atoms with van der Waals surface area (Å²) in [5.41, 5.74) is 6.61. The van der Waals surface area contributed by atoms with Crippen LogP contribution in [0.15, 0.2) is 18.2 Å². The Hall–Kier alpha value is -1.30. The molecule has 1 aliphatic rings. The molecule has 2 N–H and O–H groups in total. The maximum Gasteiger partial charge on any atom is 0.170 e. The minimum Gasteiger partial charge on any atom is -0.497 e. The Kier molecular flexibility index (Phi) is 4.29. The topological polar surface area (TPSA) is 62.9 Å². The number of hydrogen-bond donors (Lipinski definition) is 1. The molecule has 0 amide bonds. The molecule has 2 rings (SSSR count). The molecule has 19 heavy (non-hydrogen) atoms. The fourth-order valence-corrected chi connectivity index (χ4v) is 2.24. The summed E-state index contributed by atoms with van der Waals surface area (Å²) < 4.78 is 22.1. The van der Waals surface area contributed by atoms with E-state index in [1.54, 1.807) is 14.2 Å². The molecule has 1 aliphatic heterocycles. The molecule has 2 unspecified atom stereocenters. The highest BCUT2D eigenvalue weighted by molar-refractivity contribution is 5.41. The molecule has 5 heteroatoms. The Bertz CT molecular complexity index is 437. The zero-order valence-corrected chi connectivity index (χ0v) is 11.6. The molecule has 0 aromatic heterocycles. The first-order chi connectivity index (χ1) is 9.10. The van der Waals surface area contributed by atoms with E-state index in [-0.39, 0.29) is 6.10 Å². The molecule has 1 heterocycles. The first-order valence-electron chi connectivity index (χ1n) is 6.33. The second-order valence-corrected chi connectivity index (χ2v) is 4.77. The number of methoxy groups -OCH3 is 2. The van der Waals surface area contributed by atoms with Crippen LogP contribution in [0.1, 0.15) is 12.5 Å². The van der Waals surface area contributed by atoms with Crippen LogP contribution in [0.4, 0.5) is 0 Å². The van der Waals surface area contributed by atoms with E-state index in [9.17, 15) is 0 Å². The van der Waals surface area contributed by atoms with Crippen molar-refractivity contribution < 1.29 is 18.9 Å². The van der Waals surface area contributed by atoms with Crippen molar-refractivity contribution in [2.75, 3.05) is 27.4 Å². The van der Waals surface area contributed by atoms with Gasteiger partial charge in [0.2, 0.25) is 0 Å². The Balaban J connectivity index is 2.14. The van der Waals surface area contributed by atoms with Gasteiger partial charge in [0.25, 0.3) is 0 Å². The summed E-state index contributed by atoms with van der Waals surface area (Å²) in [6.07, 6.45) is 0.575. The molecular formula is C14H21NO4. The lowest BCUT2D eigenvalue weighted by atomic mass is 10.0. The monoisotopic (exact) mass is 267 g/mol. The molecule has 2 atom stereocenters. The van der Waals surface area contributed by atoms with Gasteiger partial charge in [0.15, 0.2) is 5.79 Å². The molecule has 106 valence electrons. The van der Waals surface area contributed by atoms with Crippen molar-refractivity contribution in [2.45, 2.75) is 25.2 Å². The predicted octanol–water partition coefficient (Wildman–Crippen LogP) is 1.34. The zero-order chi connectivity index (χ0) is 13.9. The minimum absolute atomic E-state index is 0.0331. The molecule has 0 radical (unpaired) electrons. The van der Waals surface area contributed by atoms with Crippen molar-refractivity contribution >= 4 is 0 Å². The largest absolute Gasteiger partial charge is 0.497 e. The lowest BCUT2D eigenvalue weighted by Crippen LogP contribution is -2.31. The summed E-state index contributed by atoms with van der Waals surface area (Å²) >= 11 is 0. The lowest BCUT2D eigenvalue weighted by molar-refractivity contribution is -0.151. The maximum atomic E-state index is 5.82. The number of nitrogens with two attached hydrogens (primary N) is 1. The highest BCUT2D eigenvalue weighted by Gasteiger charge is 2.37. The first-order valence-corrected chi connectivity index (χ1v) is 6.33. The fourth-order valence-electron chi connectivity index (χ4n) is 2.24. The molecule has 5 nitrogen and oxygen atoms in total. The predicted molar refractivity (Wildman–Crippen MR) is 71.5 cm³/mol. The second kappa shape index (κ2) is 5.77. The van der Waals surface area contributed by atoms with Crippen LogP contribution in [-0.4, -0.2) is 39.3 Å². The zero-order valence-electron chi connectivity index (χ0n) is 11.6. The molecule has 1 aromatic rings. The number of benzene rings is 1. The third kappa shape index (κ3) is 3.18. The number of rotatable bonds is 5. The van der Waals surface area contributed by atoms with Crippen molar-refractivity contribution in [3.8, 4) is 11.5 Å². The average Bonchev–Trinajstić information content (AvgIpc) is 2.81. The summed E-state index contributed by atoms with van der Waals surface area (Å²) in [4.78, 5) is 0. The minimum atomic E-state index is -0.647. The number of hydrogen-bond acceptors (Lipinski definition) is 5. The number of ether oxygens (including phenoxy) is 4. The van der Waals surface area contributed by atoms with E-state index in [1.165, 1.54) is 0 Å². The molecule has 1 fully saturated rings. The van der Waals surface area contributed by atoms with Gasteiger partial charge >= 0.3 is 0 Å². The molecule has 1 aromatic carbocycles. The fraction of sp³-hybridized carbons (Fsp3) is 0.571. The van der Waals surface area contributed by atoms with E-state index < -0.39 is 5.79 Å². The van der Waals surface area contributed by atoms with Gasteiger partial charge in [-0.25, -0.2) is 0 Å². The normalized spacial score (nSPS) is 26.4. The molecule has 0 bridgehead atoms. The van der Waals surface area contributed by atoms with Crippen LogP contribution in [0.5, 0.6) is 11.5 Å². The van der Waals surface area contributed by atoms with Gasteiger partial charge in [-0.1, -0.05) is 6.07 Å². The van der Waals surface area contributed by atoms with Gasteiger partial charge in [-0.2, -0.15) is 0 Å². The molecule has 0 saturated carbocycles. The van der Waals surface area contributed by atoms with E-state index in [0.717, 1.165) is 17.1 Å². The van der Waals surface area contributed by atoms with Crippen molar-refractivity contribution in [2.24, 2.45) is 5.73 Å². The van der Waals surface area contributed by atoms with Gasteiger partial charge in [-0.3, -0.25) is 0 Å². The van der Waals surface area contributed by atoms with Crippen molar-refractivity contribution in [3.63, 3.8) is 0 Å². The van der Waals surface area contributed by atoms with Crippen molar-refractivity contribution in [3.05, 3.63) is 23.8 Å². The smallest absolute Gasteiger partial charge is 0.170 e. The summed E-state index contributed by atoms with van der Waals surface area (Å²) in [6.45, 7) is 2.92. The quantitative estimate of drug-likeness (QED) is 0.872. The first kappa shape index (κ1) is 14.1. The second-order valence-electron chi connectivity index (χ2n) is 4.77. The summed E-state index contributed by atoms with van der Waals surface area (Å²) in [7, 11) is 3.27. The van der Waals surface area contributed by atoms with Crippen LogP contribution in [0.3, 0.4) is 0 Å². The van der Waals surface area contributed by atoms with Crippen molar-refractivity contribution in [1.82, 2.24) is 0 Å². The van der Waals surface area contributed by atoms with E-state index in [1.807, 2.05) is 25.1 Å². The highest BCUT2D eigenvalue weighted by atomic mass is 16.7. The molecular weight excluding hydrogens is 246 g/mol. The van der Waals surface area contributed by atoms with Crippen LogP contribution in [0, 0.1) is 0 Å². The van der Waals surface area contributed by atoms with E-state index >= 15 is 0 Å². The van der Waals surface area contributed by atoms with E-state index in [2.05, 4.69) is 0 Å². The standard InChI is InChI=1S/C14H21NO4/c1-14(18-9-12(8-15)19-14)7-10-4-5-11(16-2)6-13(10)17-3/h4-6,12H,7-9,15H2,1-3H3. The van der Waals surface area contributed by atoms with Crippen LogP contribution < -0.4 is 15.2 Å². The van der Waals surface area contributed by atoms with Gasteiger partial charge in [0.05, 0.1) is 26.9 Å². The third-order valence-corrected chi connectivity index (χ3v) is 3.26. The van der Waals surface area contributed by atoms with Gasteiger partial charge in [0, 0.05) is 19.0 Å². The van der Waals surface area contributed by atoms with Crippen LogP contribution in [0.2, 0.25) is 0 Å². The van der Waals surface area contributed by atoms with E-state index in [0.29, 0.717) is 19.6 Å². The average molecular weight is 267 g/mol. The third-order valence-electron chi connectivity index (χ3n) is 3.26. The SMILES string of the molecule is COc1ccc(CC2(C)OCC(CN)O2)c(OC)c1. The van der Waals surface area contributed by atoms with Crippen LogP contribution in [0.25, 0.3) is 0 Å². The van der Waals surface area contributed by atoms with Gasteiger partial charge < -0.3 is 24.7 Å². The Morgan fingerprint density at radius 2 is 2.16 bits per heavy atom. The Labute approximate surface area is 113 Å². The summed E-state index contributed by atoms with van der Waals surface area (Å²) in [5, 5.41) is 0. The van der Waals surface area contributed by atoms with E-state index in [4.69, 9.17) is 24.7 Å². The Morgan fingerprint density at radius 3 is 2.74 bits per heavy atom. The molecule has 0 aliphatic carbocycles. The van der Waals surface area contributed by atoms with Gasteiger partial charge in [-0.15, -0.1) is 0 Å². The molecule has 1 saturated heterocycles. The van der Waals surface area contributed by atoms with Crippen LogP contribution >= 0.6 is 0 Å². The lowest BCUT2D eigenvalue weighted by Gasteiger charge is -2.24. The molecule has 0 spiro atoms. The highest BCUT2D eigenvalue weighted by Crippen LogP contribution is 2.32. The Morgan fingerprint density at radius 1 is 1.37 bits per heavy atom. The maximum absolute atomic E-state index is 5.82. The summed E-state index contributed by atoms with van der Waals surface area (Å²) in [5.74, 6) is 0.883.